The standard InChI is InChI=1S/C18H19NO3/c1-10-3-4-11-9-13-18(21)6-5-12(20)16-17(18,7-8-19(13)2)14(11)15(10)22-16/h3-6,13,16,21H,7-9H2,1-2H3/t13?,16?,17-,18?/m0/s1. The van der Waals surface area contributed by atoms with E-state index in [4.69, 9.17) is 4.74 Å². The van der Waals surface area contributed by atoms with Gasteiger partial charge in [0.05, 0.1) is 5.41 Å². The van der Waals surface area contributed by atoms with Gasteiger partial charge in [-0.3, -0.25) is 9.69 Å². The first-order chi connectivity index (χ1) is 10.5. The molecule has 1 aromatic rings. The van der Waals surface area contributed by atoms with Gasteiger partial charge >= 0.3 is 0 Å². The summed E-state index contributed by atoms with van der Waals surface area (Å²) in [7, 11) is 2.06. The maximum Gasteiger partial charge on any atom is 0.196 e. The molecule has 3 unspecified atom stereocenters. The molecule has 1 N–H and O–H groups in total. The number of carbonyl (C=O) groups excluding carboxylic acids is 1. The number of piperidine rings is 1. The van der Waals surface area contributed by atoms with E-state index in [0.717, 1.165) is 36.3 Å². The van der Waals surface area contributed by atoms with Gasteiger partial charge in [-0.1, -0.05) is 12.1 Å². The number of likely N-dealkylation sites (N-methyl/N-ethyl adjacent to an activating group) is 1. The fraction of sp³-hybridized carbons (Fsp3) is 0.500. The van der Waals surface area contributed by atoms with Gasteiger partial charge in [-0.05, 0) is 56.6 Å². The van der Waals surface area contributed by atoms with Gasteiger partial charge in [0, 0.05) is 11.6 Å². The van der Waals surface area contributed by atoms with E-state index in [2.05, 4.69) is 24.1 Å². The zero-order valence-corrected chi connectivity index (χ0v) is 12.8. The minimum absolute atomic E-state index is 0.00199. The molecule has 1 aromatic carbocycles. The Bertz CT molecular complexity index is 755. The third kappa shape index (κ3) is 1.12. The summed E-state index contributed by atoms with van der Waals surface area (Å²) in [5.41, 5.74) is 1.75. The van der Waals surface area contributed by atoms with Crippen molar-refractivity contribution in [1.82, 2.24) is 4.90 Å². The van der Waals surface area contributed by atoms with E-state index >= 15 is 0 Å². The molecule has 0 aromatic heterocycles. The minimum atomic E-state index is -1.02. The summed E-state index contributed by atoms with van der Waals surface area (Å²) in [6.45, 7) is 2.89. The van der Waals surface area contributed by atoms with Gasteiger partial charge in [0.2, 0.25) is 0 Å². The van der Waals surface area contributed by atoms with Gasteiger partial charge in [0.1, 0.15) is 11.4 Å². The van der Waals surface area contributed by atoms with E-state index in [1.54, 1.807) is 6.08 Å². The van der Waals surface area contributed by atoms with Gasteiger partial charge in [0.15, 0.2) is 11.9 Å². The molecule has 4 nitrogen and oxygen atoms in total. The molecule has 4 aliphatic rings. The van der Waals surface area contributed by atoms with Crippen molar-refractivity contribution in [3.63, 3.8) is 0 Å². The second-order valence-corrected chi connectivity index (χ2v) is 7.23. The second kappa shape index (κ2) is 3.63. The number of benzene rings is 1. The summed E-state index contributed by atoms with van der Waals surface area (Å²) in [5, 5.41) is 11.6. The third-order valence-corrected chi connectivity index (χ3v) is 6.36. The van der Waals surface area contributed by atoms with Crippen molar-refractivity contribution in [3.8, 4) is 5.75 Å². The topological polar surface area (TPSA) is 49.8 Å². The first-order valence-electron chi connectivity index (χ1n) is 7.94. The van der Waals surface area contributed by atoms with Crippen molar-refractivity contribution >= 4 is 5.78 Å². The molecule has 0 saturated carbocycles. The average molecular weight is 297 g/mol. The lowest BCUT2D eigenvalue weighted by Crippen LogP contribution is -2.74. The number of carbonyl (C=O) groups is 1. The fourth-order valence-corrected chi connectivity index (χ4v) is 5.27. The Morgan fingerprint density at radius 1 is 1.41 bits per heavy atom. The normalized spacial score (nSPS) is 41.3. The molecule has 1 spiro atoms. The average Bonchev–Trinajstić information content (AvgIpc) is 2.85. The molecular weight excluding hydrogens is 278 g/mol. The van der Waals surface area contributed by atoms with E-state index in [0.29, 0.717) is 0 Å². The van der Waals surface area contributed by atoms with Gasteiger partial charge in [-0.2, -0.15) is 0 Å². The molecule has 5 rings (SSSR count). The SMILES string of the molecule is Cc1ccc2c3c1OC1C(=O)C=CC4(O)C(C2)N(C)CC[C@]314. The molecule has 2 bridgehead atoms. The molecule has 1 fully saturated rings. The summed E-state index contributed by atoms with van der Waals surface area (Å²) in [4.78, 5) is 14.7. The second-order valence-electron chi connectivity index (χ2n) is 7.23. The Balaban J connectivity index is 1.91. The van der Waals surface area contributed by atoms with Crippen LogP contribution in [-0.4, -0.2) is 47.1 Å². The molecule has 0 amide bonds. The van der Waals surface area contributed by atoms with Crippen molar-refractivity contribution in [2.45, 2.75) is 42.9 Å². The minimum Gasteiger partial charge on any atom is -0.481 e. The van der Waals surface area contributed by atoms with Crippen molar-refractivity contribution in [3.05, 3.63) is 41.0 Å². The molecule has 2 heterocycles. The van der Waals surface area contributed by atoms with Crippen LogP contribution in [-0.2, 0) is 16.6 Å². The Morgan fingerprint density at radius 2 is 2.23 bits per heavy atom. The Labute approximate surface area is 129 Å². The van der Waals surface area contributed by atoms with E-state index in [9.17, 15) is 9.90 Å². The molecule has 22 heavy (non-hydrogen) atoms. The van der Waals surface area contributed by atoms with Gasteiger partial charge < -0.3 is 9.84 Å². The van der Waals surface area contributed by atoms with Gasteiger partial charge in [0.25, 0.3) is 0 Å². The molecule has 114 valence electrons. The summed E-state index contributed by atoms with van der Waals surface area (Å²) in [6.07, 6.45) is 4.25. The molecule has 0 radical (unpaired) electrons. The molecule has 1 saturated heterocycles. The van der Waals surface area contributed by atoms with Crippen molar-refractivity contribution < 1.29 is 14.6 Å². The molecule has 2 aliphatic heterocycles. The van der Waals surface area contributed by atoms with Crippen molar-refractivity contribution in [2.75, 3.05) is 13.6 Å². The highest BCUT2D eigenvalue weighted by atomic mass is 16.5. The zero-order chi connectivity index (χ0) is 15.3. The summed E-state index contributed by atoms with van der Waals surface area (Å²) < 4.78 is 6.14. The van der Waals surface area contributed by atoms with Crippen LogP contribution < -0.4 is 4.74 Å². The van der Waals surface area contributed by atoms with Crippen LogP contribution >= 0.6 is 0 Å². The molecule has 4 atom stereocenters. The van der Waals surface area contributed by atoms with Crippen LogP contribution in [0.5, 0.6) is 5.75 Å². The number of ether oxygens (including phenoxy) is 1. The summed E-state index contributed by atoms with van der Waals surface area (Å²) in [6, 6.07) is 4.22. The monoisotopic (exact) mass is 297 g/mol. The summed E-state index contributed by atoms with van der Waals surface area (Å²) >= 11 is 0. The lowest BCUT2D eigenvalue weighted by molar-refractivity contribution is -0.151. The van der Waals surface area contributed by atoms with Gasteiger partial charge in [-0.25, -0.2) is 0 Å². The lowest BCUT2D eigenvalue weighted by atomic mass is 9.51. The number of aliphatic hydroxyl groups is 1. The number of nitrogens with zero attached hydrogens (tertiary/aromatic N) is 1. The Hall–Kier alpha value is -1.65. The zero-order valence-electron chi connectivity index (χ0n) is 12.8. The fourth-order valence-electron chi connectivity index (χ4n) is 5.27. The van der Waals surface area contributed by atoms with Crippen molar-refractivity contribution in [2.24, 2.45) is 0 Å². The summed E-state index contributed by atoms with van der Waals surface area (Å²) in [5.74, 6) is 0.817. The first-order valence-corrected chi connectivity index (χ1v) is 7.94. The number of rotatable bonds is 0. The van der Waals surface area contributed by atoms with E-state index in [1.807, 2.05) is 6.92 Å². The highest BCUT2D eigenvalue weighted by Gasteiger charge is 2.71. The number of likely N-dealkylation sites (tertiary alicyclic amines) is 1. The smallest absolute Gasteiger partial charge is 0.196 e. The van der Waals surface area contributed by atoms with Crippen LogP contribution in [0, 0.1) is 6.92 Å². The largest absolute Gasteiger partial charge is 0.481 e. The van der Waals surface area contributed by atoms with Gasteiger partial charge in [-0.15, -0.1) is 0 Å². The predicted molar refractivity (Wildman–Crippen MR) is 81.1 cm³/mol. The lowest BCUT2D eigenvalue weighted by Gasteiger charge is -2.60. The number of aryl methyl sites for hydroxylation is 1. The van der Waals surface area contributed by atoms with Crippen LogP contribution in [0.1, 0.15) is 23.1 Å². The van der Waals surface area contributed by atoms with Crippen LogP contribution in [0.3, 0.4) is 0 Å². The Kier molecular flexibility index (Phi) is 2.12. The highest BCUT2D eigenvalue weighted by molar-refractivity contribution is 5.98. The number of ketones is 1. The van der Waals surface area contributed by atoms with Crippen LogP contribution in [0.25, 0.3) is 0 Å². The van der Waals surface area contributed by atoms with E-state index in [1.165, 1.54) is 11.6 Å². The first kappa shape index (κ1) is 12.9. The molecule has 2 aliphatic carbocycles. The number of hydrogen-bond donors (Lipinski definition) is 1. The molecule has 4 heteroatoms. The number of hydrogen-bond acceptors (Lipinski definition) is 4. The maximum atomic E-state index is 12.5. The van der Waals surface area contributed by atoms with E-state index < -0.39 is 17.1 Å². The third-order valence-electron chi connectivity index (χ3n) is 6.36. The quantitative estimate of drug-likeness (QED) is 0.780. The van der Waals surface area contributed by atoms with E-state index in [-0.39, 0.29) is 11.8 Å². The van der Waals surface area contributed by atoms with Crippen LogP contribution in [0.2, 0.25) is 0 Å². The maximum absolute atomic E-state index is 12.5. The highest BCUT2D eigenvalue weighted by Crippen LogP contribution is 2.62. The van der Waals surface area contributed by atoms with Crippen molar-refractivity contribution in [1.29, 1.82) is 0 Å². The van der Waals surface area contributed by atoms with Crippen LogP contribution in [0.4, 0.5) is 0 Å². The molecular formula is C18H19NO3. The Morgan fingerprint density at radius 3 is 3.05 bits per heavy atom. The predicted octanol–water partition coefficient (Wildman–Crippen LogP) is 1.12. The van der Waals surface area contributed by atoms with Crippen LogP contribution in [0.15, 0.2) is 24.3 Å².